The van der Waals surface area contributed by atoms with Crippen molar-refractivity contribution in [2.24, 2.45) is 0 Å². The van der Waals surface area contributed by atoms with Crippen molar-refractivity contribution >= 4 is 34.9 Å². The Morgan fingerprint density at radius 1 is 1.10 bits per heavy atom. The van der Waals surface area contributed by atoms with E-state index >= 15 is 0 Å². The molecule has 2 saturated heterocycles. The Balaban J connectivity index is 1.20. The highest BCUT2D eigenvalue weighted by atomic mass is 35.5. The average molecular weight is 575 g/mol. The number of carbonyl (C=O) groups is 2. The summed E-state index contributed by atoms with van der Waals surface area (Å²) in [5, 5.41) is 3.46. The largest absolute Gasteiger partial charge is 0.397 e. The molecule has 9 heteroatoms. The Bertz CT molecular complexity index is 1370. The van der Waals surface area contributed by atoms with Gasteiger partial charge in [-0.3, -0.25) is 9.69 Å². The monoisotopic (exact) mass is 574 g/mol. The molecule has 0 radical (unpaired) electrons. The summed E-state index contributed by atoms with van der Waals surface area (Å²) in [4.78, 5) is 37.3. The minimum atomic E-state index is -0.113. The molecule has 3 aromatic rings. The van der Waals surface area contributed by atoms with E-state index in [0.717, 1.165) is 49.2 Å². The van der Waals surface area contributed by atoms with Crippen LogP contribution in [0.1, 0.15) is 59.4 Å². The van der Waals surface area contributed by atoms with Crippen LogP contribution < -0.4 is 16.0 Å². The van der Waals surface area contributed by atoms with E-state index < -0.39 is 0 Å². The van der Waals surface area contributed by atoms with Crippen LogP contribution in [0.5, 0.6) is 0 Å². The third kappa shape index (κ3) is 6.19. The van der Waals surface area contributed by atoms with Gasteiger partial charge in [0.2, 0.25) is 0 Å². The van der Waals surface area contributed by atoms with Gasteiger partial charge < -0.3 is 20.9 Å². The lowest BCUT2D eigenvalue weighted by atomic mass is 9.98. The predicted octanol–water partition coefficient (Wildman–Crippen LogP) is 5.59. The number of benzene rings is 2. The van der Waals surface area contributed by atoms with E-state index in [4.69, 9.17) is 17.3 Å². The summed E-state index contributed by atoms with van der Waals surface area (Å²) in [6, 6.07) is 20.1. The first kappa shape index (κ1) is 28.9. The first-order chi connectivity index (χ1) is 19.7. The van der Waals surface area contributed by atoms with E-state index in [0.29, 0.717) is 41.2 Å². The second kappa shape index (κ2) is 12.5. The SMILES string of the molecule is Cc1cc(Cl)nc(C)c1C(=O)NCCC(C)N1CCC(N2C(=O)N(c3ccccc3N)C[C@H]2c2ccccc2)CC1. The lowest BCUT2D eigenvalue weighted by Gasteiger charge is -2.41. The molecule has 0 spiro atoms. The zero-order chi connectivity index (χ0) is 29.1. The summed E-state index contributed by atoms with van der Waals surface area (Å²) in [6.45, 7) is 8.85. The van der Waals surface area contributed by atoms with E-state index in [1.54, 1.807) is 6.07 Å². The summed E-state index contributed by atoms with van der Waals surface area (Å²) < 4.78 is 0. The maximum atomic E-state index is 13.9. The van der Waals surface area contributed by atoms with Crippen LogP contribution in [0.25, 0.3) is 0 Å². The van der Waals surface area contributed by atoms with Crippen molar-refractivity contribution < 1.29 is 9.59 Å². The Morgan fingerprint density at radius 2 is 1.78 bits per heavy atom. The number of rotatable bonds is 8. The van der Waals surface area contributed by atoms with Gasteiger partial charge >= 0.3 is 6.03 Å². The number of para-hydroxylation sites is 2. The van der Waals surface area contributed by atoms with Crippen molar-refractivity contribution in [3.63, 3.8) is 0 Å². The normalized spacial score (nSPS) is 19.0. The van der Waals surface area contributed by atoms with Crippen LogP contribution in [-0.2, 0) is 0 Å². The average Bonchev–Trinajstić information content (AvgIpc) is 3.30. The van der Waals surface area contributed by atoms with Crippen molar-refractivity contribution in [3.8, 4) is 0 Å². The van der Waals surface area contributed by atoms with E-state index in [1.165, 1.54) is 0 Å². The van der Waals surface area contributed by atoms with E-state index in [1.807, 2.05) is 61.2 Å². The fourth-order valence-corrected chi connectivity index (χ4v) is 6.59. The molecule has 0 aliphatic carbocycles. The van der Waals surface area contributed by atoms with Crippen LogP contribution in [0, 0.1) is 13.8 Å². The standard InChI is InChI=1S/C32H39ClN6O2/c1-21-19-29(33)36-23(3)30(21)31(40)35-16-13-22(2)37-17-14-25(15-18-37)39-28(24-9-5-4-6-10-24)20-38(32(39)41)27-12-8-7-11-26(27)34/h4-12,19,22,25,28H,13-18,20,34H2,1-3H3,(H,35,40)/t22?,28-/m0/s1. The molecule has 41 heavy (non-hydrogen) atoms. The quantitative estimate of drug-likeness (QED) is 0.270. The predicted molar refractivity (Wildman–Crippen MR) is 164 cm³/mol. The van der Waals surface area contributed by atoms with Gasteiger partial charge in [-0.1, -0.05) is 54.1 Å². The molecule has 1 unspecified atom stereocenters. The van der Waals surface area contributed by atoms with Crippen LogP contribution in [0.2, 0.25) is 5.15 Å². The first-order valence-corrected chi connectivity index (χ1v) is 14.8. The van der Waals surface area contributed by atoms with E-state index in [-0.39, 0.29) is 24.0 Å². The number of anilines is 2. The van der Waals surface area contributed by atoms with Gasteiger partial charge in [0, 0.05) is 31.7 Å². The molecule has 2 aliphatic heterocycles. The molecule has 5 rings (SSSR count). The van der Waals surface area contributed by atoms with Crippen LogP contribution in [0.15, 0.2) is 60.7 Å². The Morgan fingerprint density at radius 3 is 2.46 bits per heavy atom. The maximum absolute atomic E-state index is 13.9. The Kier molecular flexibility index (Phi) is 8.80. The highest BCUT2D eigenvalue weighted by molar-refractivity contribution is 6.29. The molecular weight excluding hydrogens is 536 g/mol. The van der Waals surface area contributed by atoms with Crippen LogP contribution in [0.4, 0.5) is 16.2 Å². The van der Waals surface area contributed by atoms with Gasteiger partial charge in [-0.25, -0.2) is 9.78 Å². The van der Waals surface area contributed by atoms with Crippen LogP contribution in [0.3, 0.4) is 0 Å². The maximum Gasteiger partial charge on any atom is 0.325 e. The molecule has 1 aromatic heterocycles. The number of nitrogens with two attached hydrogens (primary N) is 1. The summed E-state index contributed by atoms with van der Waals surface area (Å²) in [5.41, 5.74) is 10.9. The number of urea groups is 1. The molecular formula is C32H39ClN6O2. The number of halogens is 1. The molecule has 2 aliphatic rings. The first-order valence-electron chi connectivity index (χ1n) is 14.4. The zero-order valence-electron chi connectivity index (χ0n) is 24.0. The lowest BCUT2D eigenvalue weighted by Crippen LogP contribution is -2.49. The Labute approximate surface area is 247 Å². The molecule has 3 N–H and O–H groups in total. The molecule has 3 heterocycles. The number of pyridine rings is 1. The number of aromatic nitrogens is 1. The lowest BCUT2D eigenvalue weighted by molar-refractivity contribution is 0.0896. The second-order valence-electron chi connectivity index (χ2n) is 11.2. The number of piperidine rings is 1. The third-order valence-corrected chi connectivity index (χ3v) is 8.71. The van der Waals surface area contributed by atoms with Crippen LogP contribution >= 0.6 is 11.6 Å². The highest BCUT2D eigenvalue weighted by Crippen LogP contribution is 2.38. The van der Waals surface area contributed by atoms with Gasteiger partial charge in [-0.2, -0.15) is 0 Å². The van der Waals surface area contributed by atoms with Crippen molar-refractivity contribution in [2.75, 3.05) is 36.8 Å². The molecule has 2 aromatic carbocycles. The van der Waals surface area contributed by atoms with Crippen molar-refractivity contribution in [2.45, 2.75) is 58.2 Å². The van der Waals surface area contributed by atoms with Gasteiger partial charge in [0.1, 0.15) is 5.15 Å². The minimum Gasteiger partial charge on any atom is -0.397 e. The number of nitrogen functional groups attached to an aromatic ring is 1. The smallest absolute Gasteiger partial charge is 0.325 e. The number of nitrogens with zero attached hydrogens (tertiary/aromatic N) is 4. The van der Waals surface area contributed by atoms with E-state index in [2.05, 4.69) is 39.2 Å². The highest BCUT2D eigenvalue weighted by Gasteiger charge is 2.44. The molecule has 8 nitrogen and oxygen atoms in total. The summed E-state index contributed by atoms with van der Waals surface area (Å²) in [6.07, 6.45) is 2.64. The minimum absolute atomic E-state index is 0.0215. The number of hydrogen-bond donors (Lipinski definition) is 2. The fourth-order valence-electron chi connectivity index (χ4n) is 6.30. The molecule has 2 fully saturated rings. The van der Waals surface area contributed by atoms with Crippen LogP contribution in [-0.4, -0.2) is 65.0 Å². The number of amides is 3. The zero-order valence-corrected chi connectivity index (χ0v) is 24.8. The van der Waals surface area contributed by atoms with Crippen molar-refractivity contribution in [1.82, 2.24) is 20.1 Å². The van der Waals surface area contributed by atoms with Gasteiger partial charge in [0.05, 0.1) is 35.2 Å². The number of nitrogens with one attached hydrogen (secondary N) is 1. The van der Waals surface area contributed by atoms with Crippen molar-refractivity contribution in [1.29, 1.82) is 0 Å². The number of carbonyl (C=O) groups excluding carboxylic acids is 2. The second-order valence-corrected chi connectivity index (χ2v) is 11.6. The Hall–Kier alpha value is -3.62. The summed E-state index contributed by atoms with van der Waals surface area (Å²) in [7, 11) is 0. The molecule has 2 atom stereocenters. The third-order valence-electron chi connectivity index (χ3n) is 8.51. The summed E-state index contributed by atoms with van der Waals surface area (Å²) in [5.74, 6) is -0.113. The van der Waals surface area contributed by atoms with Gasteiger partial charge in [0.15, 0.2) is 0 Å². The summed E-state index contributed by atoms with van der Waals surface area (Å²) >= 11 is 6.02. The van der Waals surface area contributed by atoms with Crippen molar-refractivity contribution in [3.05, 3.63) is 88.2 Å². The van der Waals surface area contributed by atoms with E-state index in [9.17, 15) is 9.59 Å². The number of hydrogen-bond acceptors (Lipinski definition) is 5. The fraction of sp³-hybridized carbons (Fsp3) is 0.406. The molecule has 0 bridgehead atoms. The number of aryl methyl sites for hydroxylation is 2. The molecule has 0 saturated carbocycles. The van der Waals surface area contributed by atoms with Gasteiger partial charge in [0.25, 0.3) is 5.91 Å². The molecule has 216 valence electrons. The number of likely N-dealkylation sites (tertiary alicyclic amines) is 1. The van der Waals surface area contributed by atoms with Gasteiger partial charge in [-0.05, 0) is 69.4 Å². The van der Waals surface area contributed by atoms with Gasteiger partial charge in [-0.15, -0.1) is 0 Å². The topological polar surface area (TPSA) is 94.8 Å². The molecule has 3 amide bonds.